The molecule has 1 aromatic carbocycles. The van der Waals surface area contributed by atoms with Crippen LogP contribution in [0.3, 0.4) is 0 Å². The number of hydrogen-bond donors (Lipinski definition) is 2. The van der Waals surface area contributed by atoms with E-state index in [1.54, 1.807) is 6.20 Å². The minimum atomic E-state index is 0. The molecule has 5 heteroatoms. The van der Waals surface area contributed by atoms with Gasteiger partial charge in [0.2, 0.25) is 0 Å². The van der Waals surface area contributed by atoms with Gasteiger partial charge in [0.05, 0.1) is 11.7 Å². The van der Waals surface area contributed by atoms with Gasteiger partial charge >= 0.3 is 0 Å². The zero-order valence-electron chi connectivity index (χ0n) is 6.15. The number of nitrogens with zero attached hydrogens (tertiary/aromatic N) is 1. The fraction of sp³-hybridized carbons (Fsp3) is 0. The summed E-state index contributed by atoms with van der Waals surface area (Å²) >= 11 is 0. The van der Waals surface area contributed by atoms with E-state index in [0.29, 0.717) is 0 Å². The van der Waals surface area contributed by atoms with Gasteiger partial charge in [0.1, 0.15) is 0 Å². The summed E-state index contributed by atoms with van der Waals surface area (Å²) in [6, 6.07) is 5.70. The van der Waals surface area contributed by atoms with E-state index in [4.69, 9.17) is 5.73 Å². The Balaban J connectivity index is 0.000000605. The van der Waals surface area contributed by atoms with Crippen molar-refractivity contribution in [2.24, 2.45) is 0 Å². The largest absolute Gasteiger partial charge is 0.398 e. The molecule has 1 aromatic heterocycles. The quantitative estimate of drug-likeness (QED) is 0.647. The van der Waals surface area contributed by atoms with Crippen LogP contribution in [0.15, 0.2) is 24.4 Å². The number of aromatic amines is 1. The molecule has 0 aliphatic rings. The number of aromatic nitrogens is 2. The number of halogens is 2. The third-order valence-corrected chi connectivity index (χ3v) is 1.52. The van der Waals surface area contributed by atoms with Crippen LogP contribution in [0.4, 0.5) is 5.69 Å². The SMILES string of the molecule is Cl.Cl.Nc1cccc2[nH]ncc12. The smallest absolute Gasteiger partial charge is 0.0671 e. The van der Waals surface area contributed by atoms with Crippen LogP contribution < -0.4 is 5.73 Å². The fourth-order valence-corrected chi connectivity index (χ4v) is 0.991. The highest BCUT2D eigenvalue weighted by Gasteiger charge is 1.95. The zero-order chi connectivity index (χ0) is 6.97. The highest BCUT2D eigenvalue weighted by atomic mass is 35.5. The fourth-order valence-electron chi connectivity index (χ4n) is 0.991. The van der Waals surface area contributed by atoms with Crippen molar-refractivity contribution < 1.29 is 0 Å². The Labute approximate surface area is 82.2 Å². The molecule has 0 bridgehead atoms. The second kappa shape index (κ2) is 4.18. The predicted octanol–water partition coefficient (Wildman–Crippen LogP) is 1.99. The van der Waals surface area contributed by atoms with Crippen LogP contribution in [0.1, 0.15) is 0 Å². The average molecular weight is 206 g/mol. The topological polar surface area (TPSA) is 54.7 Å². The lowest BCUT2D eigenvalue weighted by Crippen LogP contribution is -1.82. The Morgan fingerprint density at radius 3 is 2.67 bits per heavy atom. The molecule has 0 spiro atoms. The molecule has 0 aliphatic heterocycles. The van der Waals surface area contributed by atoms with E-state index < -0.39 is 0 Å². The number of hydrogen-bond acceptors (Lipinski definition) is 2. The van der Waals surface area contributed by atoms with Crippen LogP contribution in [0.25, 0.3) is 10.9 Å². The maximum absolute atomic E-state index is 5.64. The summed E-state index contributed by atoms with van der Waals surface area (Å²) in [5.74, 6) is 0. The van der Waals surface area contributed by atoms with Gasteiger partial charge in [0.25, 0.3) is 0 Å². The van der Waals surface area contributed by atoms with Crippen LogP contribution in [-0.4, -0.2) is 10.2 Å². The predicted molar refractivity (Wildman–Crippen MR) is 55.0 cm³/mol. The van der Waals surface area contributed by atoms with E-state index in [1.165, 1.54) is 0 Å². The van der Waals surface area contributed by atoms with Gasteiger partial charge in [-0.15, -0.1) is 24.8 Å². The van der Waals surface area contributed by atoms with Crippen molar-refractivity contribution in [3.05, 3.63) is 24.4 Å². The van der Waals surface area contributed by atoms with Crippen molar-refractivity contribution >= 4 is 41.4 Å². The average Bonchev–Trinajstić information content (AvgIpc) is 2.36. The molecular weight excluding hydrogens is 197 g/mol. The molecular formula is C7H9Cl2N3. The molecule has 3 N–H and O–H groups in total. The van der Waals surface area contributed by atoms with Crippen LogP contribution in [-0.2, 0) is 0 Å². The third kappa shape index (κ3) is 1.62. The molecule has 0 atom stereocenters. The molecule has 0 saturated carbocycles. The molecule has 3 nitrogen and oxygen atoms in total. The van der Waals surface area contributed by atoms with Gasteiger partial charge < -0.3 is 5.73 Å². The van der Waals surface area contributed by atoms with Crippen LogP contribution in [0.5, 0.6) is 0 Å². The second-order valence-electron chi connectivity index (χ2n) is 2.18. The van der Waals surface area contributed by atoms with Gasteiger partial charge in [-0.05, 0) is 12.1 Å². The first-order chi connectivity index (χ1) is 4.88. The van der Waals surface area contributed by atoms with E-state index >= 15 is 0 Å². The summed E-state index contributed by atoms with van der Waals surface area (Å²) < 4.78 is 0. The second-order valence-corrected chi connectivity index (χ2v) is 2.18. The standard InChI is InChI=1S/C7H7N3.2ClH/c8-6-2-1-3-7-5(6)4-9-10-7;;/h1-4H,8H2,(H,9,10);2*1H. The highest BCUT2D eigenvalue weighted by Crippen LogP contribution is 2.16. The Kier molecular flexibility index (Phi) is 3.86. The first-order valence-electron chi connectivity index (χ1n) is 3.05. The van der Waals surface area contributed by atoms with Crippen molar-refractivity contribution in [3.8, 4) is 0 Å². The maximum Gasteiger partial charge on any atom is 0.0671 e. The van der Waals surface area contributed by atoms with Crippen molar-refractivity contribution in [3.63, 3.8) is 0 Å². The summed E-state index contributed by atoms with van der Waals surface area (Å²) in [6.45, 7) is 0. The number of fused-ring (bicyclic) bond motifs is 1. The van der Waals surface area contributed by atoms with E-state index in [-0.39, 0.29) is 24.8 Å². The molecule has 0 fully saturated rings. The van der Waals surface area contributed by atoms with Gasteiger partial charge in [-0.3, -0.25) is 5.10 Å². The molecule has 1 heterocycles. The maximum atomic E-state index is 5.64. The van der Waals surface area contributed by atoms with Crippen molar-refractivity contribution in [1.29, 1.82) is 0 Å². The molecule has 0 saturated heterocycles. The normalized spacial score (nSPS) is 8.67. The molecule has 0 aliphatic carbocycles. The summed E-state index contributed by atoms with van der Waals surface area (Å²) in [4.78, 5) is 0. The number of anilines is 1. The van der Waals surface area contributed by atoms with Gasteiger partial charge in [-0.25, -0.2) is 0 Å². The number of H-pyrrole nitrogens is 1. The minimum Gasteiger partial charge on any atom is -0.398 e. The Morgan fingerprint density at radius 2 is 2.00 bits per heavy atom. The first kappa shape index (κ1) is 11.1. The lowest BCUT2D eigenvalue weighted by Gasteiger charge is -1.91. The van der Waals surface area contributed by atoms with Crippen molar-refractivity contribution in [2.45, 2.75) is 0 Å². The van der Waals surface area contributed by atoms with E-state index in [9.17, 15) is 0 Å². The summed E-state index contributed by atoms with van der Waals surface area (Å²) in [5.41, 5.74) is 7.40. The number of nitrogen functional groups attached to an aromatic ring is 1. The van der Waals surface area contributed by atoms with E-state index in [2.05, 4.69) is 10.2 Å². The molecule has 12 heavy (non-hydrogen) atoms. The third-order valence-electron chi connectivity index (χ3n) is 1.52. The van der Waals surface area contributed by atoms with Crippen LogP contribution in [0.2, 0.25) is 0 Å². The first-order valence-corrected chi connectivity index (χ1v) is 3.05. The molecule has 66 valence electrons. The number of rotatable bonds is 0. The van der Waals surface area contributed by atoms with Crippen LogP contribution >= 0.6 is 24.8 Å². The highest BCUT2D eigenvalue weighted by molar-refractivity contribution is 5.89. The molecule has 0 radical (unpaired) electrons. The number of nitrogens with two attached hydrogens (primary N) is 1. The zero-order valence-corrected chi connectivity index (χ0v) is 7.78. The Morgan fingerprint density at radius 1 is 1.25 bits per heavy atom. The van der Waals surface area contributed by atoms with Gasteiger partial charge in [0.15, 0.2) is 0 Å². The van der Waals surface area contributed by atoms with Crippen LogP contribution in [0, 0.1) is 0 Å². The monoisotopic (exact) mass is 205 g/mol. The summed E-state index contributed by atoms with van der Waals surface area (Å²) in [6.07, 6.45) is 1.73. The van der Waals surface area contributed by atoms with E-state index in [0.717, 1.165) is 16.6 Å². The molecule has 2 rings (SSSR count). The molecule has 0 unspecified atom stereocenters. The summed E-state index contributed by atoms with van der Waals surface area (Å²) in [5, 5.41) is 7.68. The lowest BCUT2D eigenvalue weighted by molar-refractivity contribution is 1.12. The lowest BCUT2D eigenvalue weighted by atomic mass is 10.2. The number of nitrogens with one attached hydrogen (secondary N) is 1. The van der Waals surface area contributed by atoms with Crippen molar-refractivity contribution in [1.82, 2.24) is 10.2 Å². The Bertz CT molecular complexity index is 358. The number of benzene rings is 1. The van der Waals surface area contributed by atoms with Gasteiger partial charge in [0, 0.05) is 11.1 Å². The van der Waals surface area contributed by atoms with Crippen molar-refractivity contribution in [2.75, 3.05) is 5.73 Å². The minimum absolute atomic E-state index is 0. The van der Waals surface area contributed by atoms with E-state index in [1.807, 2.05) is 18.2 Å². The molecule has 2 aromatic rings. The van der Waals surface area contributed by atoms with Gasteiger partial charge in [-0.1, -0.05) is 6.07 Å². The summed E-state index contributed by atoms with van der Waals surface area (Å²) in [7, 11) is 0. The molecule has 0 amide bonds. The Hall–Kier alpha value is -0.930. The van der Waals surface area contributed by atoms with Gasteiger partial charge in [-0.2, -0.15) is 5.10 Å².